The van der Waals surface area contributed by atoms with Gasteiger partial charge in [-0.1, -0.05) is 95.5 Å². The Bertz CT molecular complexity index is 3750. The summed E-state index contributed by atoms with van der Waals surface area (Å²) in [7, 11) is 2.92. The lowest BCUT2D eigenvalue weighted by Gasteiger charge is -2.72. The van der Waals surface area contributed by atoms with E-state index in [0.29, 0.717) is 80.2 Å². The molecule has 494 valence electrons. The van der Waals surface area contributed by atoms with Crippen LogP contribution < -0.4 is 15.4 Å². The fourth-order valence-electron chi connectivity index (χ4n) is 24.6. The molecule has 0 aromatic heterocycles. The van der Waals surface area contributed by atoms with Crippen molar-refractivity contribution in [1.29, 1.82) is 0 Å². The van der Waals surface area contributed by atoms with Crippen LogP contribution in [0.5, 0.6) is 11.5 Å². The van der Waals surface area contributed by atoms with E-state index in [1.807, 2.05) is 42.5 Å². The number of nitrogens with one attached hydrogen (secondary N) is 2. The Labute approximate surface area is 552 Å². The smallest absolute Gasteiger partial charge is 0.240 e. The maximum Gasteiger partial charge on any atom is 0.240 e. The molecule has 9 fully saturated rings. The van der Waals surface area contributed by atoms with Gasteiger partial charge in [-0.05, 0) is 232 Å². The van der Waals surface area contributed by atoms with Crippen molar-refractivity contribution in [3.63, 3.8) is 0 Å². The molecule has 3 aromatic rings. The van der Waals surface area contributed by atoms with Gasteiger partial charge in [0.25, 0.3) is 0 Å². The number of allylic oxidation sites excluding steroid dienone is 6. The summed E-state index contributed by atoms with van der Waals surface area (Å²) in [5.41, 5.74) is -2.65. The molecule has 3 aromatic carbocycles. The molecule has 11 aliphatic carbocycles. The summed E-state index contributed by atoms with van der Waals surface area (Å²) in [6.45, 7) is -0.340. The first-order valence-electron chi connectivity index (χ1n) is 35.1. The zero-order chi connectivity index (χ0) is 63.9. The molecule has 0 amide bonds. The third kappa shape index (κ3) is 8.83. The molecule has 93 heavy (non-hydrogen) atoms. The van der Waals surface area contributed by atoms with Crippen molar-refractivity contribution in [3.05, 3.63) is 141 Å². The molecule has 4 heterocycles. The van der Waals surface area contributed by atoms with E-state index >= 15 is 9.59 Å². The van der Waals surface area contributed by atoms with Crippen LogP contribution in [0.1, 0.15) is 172 Å². The highest BCUT2D eigenvalue weighted by molar-refractivity contribution is 8.76. The van der Waals surface area contributed by atoms with Crippen LogP contribution in [0.25, 0.3) is 0 Å². The van der Waals surface area contributed by atoms with E-state index < -0.39 is 92.2 Å². The molecular formula is C76H90N2O13S2. The van der Waals surface area contributed by atoms with Crippen molar-refractivity contribution in [2.24, 2.45) is 74.4 Å². The second-order valence-electron chi connectivity index (χ2n) is 32.4. The predicted octanol–water partition coefficient (Wildman–Crippen LogP) is 10.6. The fraction of sp³-hybridized carbons (Fsp3) is 0.618. The number of benzene rings is 3. The highest BCUT2D eigenvalue weighted by atomic mass is 33.1. The van der Waals surface area contributed by atoms with Gasteiger partial charge in [0.1, 0.15) is 46.3 Å². The largest absolute Gasteiger partial charge is 0.511 e. The number of rotatable bonds is 10. The first-order valence-corrected chi connectivity index (χ1v) is 37.5. The topological polar surface area (TPSA) is 256 Å². The number of phenols is 1. The summed E-state index contributed by atoms with van der Waals surface area (Å²) in [6, 6.07) is 20.0. The van der Waals surface area contributed by atoms with E-state index in [4.69, 9.17) is 9.47 Å². The average Bonchev–Trinajstić information content (AvgIpc) is 1.63. The van der Waals surface area contributed by atoms with Crippen LogP contribution in [0.4, 0.5) is 0 Å². The lowest BCUT2D eigenvalue weighted by atomic mass is 9.42. The minimum atomic E-state index is -2.39. The molecule has 19 atom stereocenters. The number of aliphatic hydroxyl groups excluding tert-OH is 5. The van der Waals surface area contributed by atoms with Crippen molar-refractivity contribution in [1.82, 2.24) is 10.6 Å². The maximum absolute atomic E-state index is 16.8. The molecule has 0 unspecified atom stereocenters. The van der Waals surface area contributed by atoms with E-state index in [-0.39, 0.29) is 76.6 Å². The van der Waals surface area contributed by atoms with E-state index in [1.165, 1.54) is 39.0 Å². The molecular weight excluding hydrogens is 1210 g/mol. The monoisotopic (exact) mass is 1300 g/mol. The Morgan fingerprint density at radius 2 is 1.59 bits per heavy atom. The Hall–Kier alpha value is -4.95. The molecule has 10 N–H and O–H groups in total. The molecule has 17 heteroatoms. The van der Waals surface area contributed by atoms with E-state index in [9.17, 15) is 45.6 Å². The number of aromatic hydroxyl groups is 1. The number of ketones is 2. The van der Waals surface area contributed by atoms with Crippen molar-refractivity contribution in [2.75, 3.05) is 19.0 Å². The summed E-state index contributed by atoms with van der Waals surface area (Å²) in [6.07, 6.45) is 20.5. The van der Waals surface area contributed by atoms with Crippen LogP contribution in [0.2, 0.25) is 0 Å². The molecule has 2 saturated heterocycles. The number of aldehydes is 1. The number of phenolic OH excluding ortho intramolecular Hbond substituents is 1. The first kappa shape index (κ1) is 61.6. The summed E-state index contributed by atoms with van der Waals surface area (Å²) in [4.78, 5) is 47.1. The lowest BCUT2D eigenvalue weighted by molar-refractivity contribution is -0.461. The first-order chi connectivity index (χ1) is 44.8. The average molecular weight is 1300 g/mol. The molecule has 0 radical (unpaired) electrons. The third-order valence-corrected chi connectivity index (χ3v) is 30.6. The predicted molar refractivity (Wildman–Crippen MR) is 351 cm³/mol. The summed E-state index contributed by atoms with van der Waals surface area (Å²) < 4.78 is 14.6. The summed E-state index contributed by atoms with van der Waals surface area (Å²) >= 11 is 0. The van der Waals surface area contributed by atoms with Gasteiger partial charge in [-0.2, -0.15) is 0 Å². The zero-order valence-corrected chi connectivity index (χ0v) is 54.7. The minimum absolute atomic E-state index is 0.0146. The maximum atomic E-state index is 16.8. The van der Waals surface area contributed by atoms with Gasteiger partial charge in [-0.3, -0.25) is 9.59 Å². The van der Waals surface area contributed by atoms with Crippen molar-refractivity contribution in [3.8, 4) is 11.5 Å². The minimum Gasteiger partial charge on any atom is -0.511 e. The molecule has 4 aliphatic heterocycles. The Balaban J connectivity index is 0.795. The number of hydrogen-bond donors (Lipinski definition) is 10. The Morgan fingerprint density at radius 1 is 0.785 bits per heavy atom. The molecule has 10 bridgehead atoms. The lowest BCUT2D eigenvalue weighted by Crippen LogP contribution is -2.88. The van der Waals surface area contributed by atoms with Gasteiger partial charge in [0.15, 0.2) is 17.7 Å². The van der Waals surface area contributed by atoms with Gasteiger partial charge in [0.05, 0.1) is 42.0 Å². The number of carbonyl (C=O) groups excluding carboxylic acids is 3. The standard InChI is InChI=1S/C76H90N2O13S2/c79-36-46-9-4-7-43(24-46)25-47-27-57-63(84)52-11-6-12-58-62(52)65(85)75(57,59(83)28-47)60(15-19-71(88)16-2-1-3-17-71)93-92-42-78-61-31-56-54(35-77-61)48-29-49-34-70(39-69(33-50(70)37-80)22-21-68(38-69)18-13-45(32-68)23-44-8-5-10-51(82)26-44)40-72(49,56)64-53(30-48)55-14-20-74(90-58)67(87)76(64,89)66(86)73(55,41-81)91-74/h4-12,24,26-28,31,37,45,48-50,53,55,57,60,64,66-67,77-79,81-83,86-89H,1-3,13-23,25,29-30,32-36,38-42H2/t45-,48+,49+,50+,53-,55+,57-,60+,64+,66-,67+,68+,69+,70+,72+,73+,74-,75+,76+/m1/s1. The number of hydrogen-bond acceptors (Lipinski definition) is 17. The van der Waals surface area contributed by atoms with Gasteiger partial charge >= 0.3 is 0 Å². The van der Waals surface area contributed by atoms with Crippen LogP contribution in [0.15, 0.2) is 113 Å². The molecule has 15 aliphatic rings. The fourth-order valence-corrected chi connectivity index (χ4v) is 27.4. The Kier molecular flexibility index (Phi) is 14.4. The van der Waals surface area contributed by atoms with Gasteiger partial charge in [-0.25, -0.2) is 0 Å². The van der Waals surface area contributed by atoms with Gasteiger partial charge in [-0.15, -0.1) is 0 Å². The third-order valence-electron chi connectivity index (χ3n) is 27.9. The SMILES string of the molecule is O=C[C@@H]1C[C@]2(CC[C@]3(CC[C@H](Cc4cccc(O)c4)C3)C2)C[C@]12C[C@@H]1C[C@H]3C[C@@H]4[C@@H]5CC[C@@]67Oc8cccc9c8C(=O)[C@@]8(C(O)=CC(Cc%10cccc(CO)c%10)=C[C@@H]8C9=O)[C@H](CCC8(O)CCCCC8)SSCNC8=CC(=C3CN8)[C@@]1(C2)[C@H]4[C@](O)([C@H](O)[C@@]5(CO)O6)[C@H]7O. The van der Waals surface area contributed by atoms with Crippen molar-refractivity contribution in [2.45, 2.75) is 194 Å². The van der Waals surface area contributed by atoms with Gasteiger partial charge < -0.3 is 65.8 Å². The Morgan fingerprint density at radius 3 is 2.41 bits per heavy atom. The van der Waals surface area contributed by atoms with Crippen LogP contribution in [0.3, 0.4) is 0 Å². The second kappa shape index (κ2) is 21.8. The van der Waals surface area contributed by atoms with Crippen molar-refractivity contribution >= 4 is 39.4 Å². The van der Waals surface area contributed by atoms with Gasteiger partial charge in [0.2, 0.25) is 5.79 Å². The van der Waals surface area contributed by atoms with Crippen LogP contribution in [-0.2, 0) is 29.0 Å². The number of Topliss-reactive ketones (excluding diaryl/α,β-unsaturated/α-hetero) is 2. The number of aliphatic hydroxyl groups is 7. The molecule has 7 saturated carbocycles. The van der Waals surface area contributed by atoms with Crippen LogP contribution in [-0.4, -0.2) is 118 Å². The second-order valence-corrected chi connectivity index (χ2v) is 35.0. The van der Waals surface area contributed by atoms with Crippen molar-refractivity contribution < 1.29 is 64.7 Å². The van der Waals surface area contributed by atoms with Gasteiger partial charge in [0, 0.05) is 41.0 Å². The van der Waals surface area contributed by atoms with E-state index in [2.05, 4.69) is 22.8 Å². The molecule has 6 spiro atoms. The number of carbonyl (C=O) groups is 3. The van der Waals surface area contributed by atoms with E-state index in [1.54, 1.807) is 30.3 Å². The number of dihydropyridines is 1. The highest BCUT2D eigenvalue weighted by Gasteiger charge is 2.84. The summed E-state index contributed by atoms with van der Waals surface area (Å²) in [5.74, 6) is -4.70. The highest BCUT2D eigenvalue weighted by Crippen LogP contribution is 2.81. The summed E-state index contributed by atoms with van der Waals surface area (Å²) in [5, 5.41) is 107. The normalized spacial score (nSPS) is 43.7. The number of ether oxygens (including phenoxy) is 2. The van der Waals surface area contributed by atoms with Crippen LogP contribution >= 0.6 is 21.6 Å². The quantitative estimate of drug-likeness (QED) is 0.0669. The zero-order valence-electron chi connectivity index (χ0n) is 53.0. The van der Waals surface area contributed by atoms with E-state index in [0.717, 1.165) is 107 Å². The molecule has 15 nitrogen and oxygen atoms in total. The molecule has 18 rings (SSSR count). The van der Waals surface area contributed by atoms with Crippen LogP contribution in [0, 0.1) is 74.4 Å².